The molecule has 1 saturated heterocycles. The first-order valence-electron chi connectivity index (χ1n) is 9.49. The van der Waals surface area contributed by atoms with Gasteiger partial charge in [0.05, 0.1) is 16.9 Å². The lowest BCUT2D eigenvalue weighted by Crippen LogP contribution is -2.33. The molecule has 0 radical (unpaired) electrons. The molecule has 1 fully saturated rings. The monoisotopic (exact) mass is 447 g/mol. The van der Waals surface area contributed by atoms with Crippen LogP contribution in [0.3, 0.4) is 0 Å². The fourth-order valence-electron chi connectivity index (χ4n) is 3.44. The van der Waals surface area contributed by atoms with Crippen molar-refractivity contribution in [3.63, 3.8) is 0 Å². The van der Waals surface area contributed by atoms with Crippen LogP contribution in [0.1, 0.15) is 30.4 Å². The number of rotatable bonds is 4. The predicted octanol–water partition coefficient (Wildman–Crippen LogP) is 4.51. The second kappa shape index (κ2) is 8.64. The Balaban J connectivity index is 1.89. The minimum Gasteiger partial charge on any atom is -0.370 e. The quantitative estimate of drug-likeness (QED) is 0.702. The molecule has 0 unspecified atom stereocenters. The smallest absolute Gasteiger partial charge is 0.370 e. The van der Waals surface area contributed by atoms with E-state index < -0.39 is 41.5 Å². The minimum atomic E-state index is -4.89. The predicted molar refractivity (Wildman–Crippen MR) is 102 cm³/mol. The Bertz CT molecular complexity index is 1010. The fraction of sp³-hybridized carbons (Fsp3) is 0.400. The summed E-state index contributed by atoms with van der Waals surface area (Å²) in [6.07, 6.45) is -5.86. The molecule has 168 valence electrons. The summed E-state index contributed by atoms with van der Waals surface area (Å²) in [4.78, 5) is 26.3. The van der Waals surface area contributed by atoms with E-state index in [1.807, 2.05) is 4.90 Å². The zero-order chi connectivity index (χ0) is 22.8. The molecule has 1 N–H and O–H groups in total. The summed E-state index contributed by atoms with van der Waals surface area (Å²) in [6, 6.07) is 4.53. The average Bonchev–Trinajstić information content (AvgIpc) is 2.68. The average molecular weight is 447 g/mol. The third-order valence-corrected chi connectivity index (χ3v) is 4.93. The zero-order valence-corrected chi connectivity index (χ0v) is 16.2. The molecule has 31 heavy (non-hydrogen) atoms. The van der Waals surface area contributed by atoms with Gasteiger partial charge in [0.2, 0.25) is 5.91 Å². The minimum absolute atomic E-state index is 0.109. The number of benzene rings is 1. The molecule has 1 aliphatic rings. The molecule has 5 nitrogen and oxygen atoms in total. The standard InChI is InChI=1S/C20H19F6N3O2/c21-19(22,23)13-6-7-16(28-8-2-1-3-9-28)15(11-13)27-17(30)12-29-10-4-5-14(18(29)31)20(24,25)26/h4-7,10-11H,1-3,8-9,12H2,(H,27,30). The van der Waals surface area contributed by atoms with E-state index in [9.17, 15) is 35.9 Å². The summed E-state index contributed by atoms with van der Waals surface area (Å²) in [6.45, 7) is 0.418. The third kappa shape index (κ3) is 5.39. The second-order valence-electron chi connectivity index (χ2n) is 7.18. The number of hydrogen-bond acceptors (Lipinski definition) is 3. The van der Waals surface area contributed by atoms with Gasteiger partial charge in [-0.25, -0.2) is 0 Å². The van der Waals surface area contributed by atoms with E-state index in [0.29, 0.717) is 29.4 Å². The zero-order valence-electron chi connectivity index (χ0n) is 16.2. The van der Waals surface area contributed by atoms with Crippen LogP contribution in [0.15, 0.2) is 41.3 Å². The molecule has 0 bridgehead atoms. The molecule has 2 heterocycles. The highest BCUT2D eigenvalue weighted by Crippen LogP contribution is 2.36. The number of alkyl halides is 6. The van der Waals surface area contributed by atoms with E-state index in [1.165, 1.54) is 6.07 Å². The molecule has 0 saturated carbocycles. The molecule has 1 aliphatic heterocycles. The van der Waals surface area contributed by atoms with Crippen molar-refractivity contribution >= 4 is 17.3 Å². The molecule has 11 heteroatoms. The van der Waals surface area contributed by atoms with Crippen molar-refractivity contribution in [2.75, 3.05) is 23.3 Å². The SMILES string of the molecule is O=C(Cn1cccc(C(F)(F)F)c1=O)Nc1cc(C(F)(F)F)ccc1N1CCCCC1. The first-order valence-corrected chi connectivity index (χ1v) is 9.49. The van der Waals surface area contributed by atoms with Gasteiger partial charge in [-0.15, -0.1) is 0 Å². The van der Waals surface area contributed by atoms with Gasteiger partial charge in [-0.2, -0.15) is 26.3 Å². The lowest BCUT2D eigenvalue weighted by Gasteiger charge is -2.31. The van der Waals surface area contributed by atoms with Crippen molar-refractivity contribution < 1.29 is 31.1 Å². The van der Waals surface area contributed by atoms with Gasteiger partial charge in [-0.05, 0) is 49.6 Å². The summed E-state index contributed by atoms with van der Waals surface area (Å²) in [7, 11) is 0. The Morgan fingerprint density at radius 2 is 1.65 bits per heavy atom. The van der Waals surface area contributed by atoms with Crippen LogP contribution in [0.5, 0.6) is 0 Å². The highest BCUT2D eigenvalue weighted by Gasteiger charge is 2.34. The van der Waals surface area contributed by atoms with E-state index in [1.54, 1.807) is 0 Å². The molecule has 1 aromatic carbocycles. The maximum Gasteiger partial charge on any atom is 0.421 e. The third-order valence-electron chi connectivity index (χ3n) is 4.93. The van der Waals surface area contributed by atoms with Crippen LogP contribution in [0.4, 0.5) is 37.7 Å². The van der Waals surface area contributed by atoms with Gasteiger partial charge >= 0.3 is 12.4 Å². The van der Waals surface area contributed by atoms with Crippen LogP contribution < -0.4 is 15.8 Å². The molecule has 1 amide bonds. The van der Waals surface area contributed by atoms with Crippen LogP contribution in [-0.2, 0) is 23.7 Å². The fourth-order valence-corrected chi connectivity index (χ4v) is 3.44. The number of amides is 1. The van der Waals surface area contributed by atoms with Crippen LogP contribution in [0.25, 0.3) is 0 Å². The summed E-state index contributed by atoms with van der Waals surface area (Å²) in [5.41, 5.74) is -3.54. The summed E-state index contributed by atoms with van der Waals surface area (Å²) >= 11 is 0. The highest BCUT2D eigenvalue weighted by molar-refractivity contribution is 5.94. The Kier molecular flexibility index (Phi) is 6.33. The first-order chi connectivity index (χ1) is 14.5. The van der Waals surface area contributed by atoms with Crippen LogP contribution in [-0.4, -0.2) is 23.6 Å². The number of aromatic nitrogens is 1. The maximum absolute atomic E-state index is 13.2. The molecule has 0 aliphatic carbocycles. The number of carbonyl (C=O) groups excluding carboxylic acids is 1. The molecule has 2 aromatic rings. The molecule has 0 spiro atoms. The maximum atomic E-state index is 13.2. The van der Waals surface area contributed by atoms with Crippen molar-refractivity contribution in [2.45, 2.75) is 38.2 Å². The Hall–Kier alpha value is -2.98. The van der Waals surface area contributed by atoms with Crippen molar-refractivity contribution in [2.24, 2.45) is 0 Å². The summed E-state index contributed by atoms with van der Waals surface area (Å²) < 4.78 is 78.7. The molecule has 1 aromatic heterocycles. The first kappa shape index (κ1) is 22.7. The lowest BCUT2D eigenvalue weighted by molar-refractivity contribution is -0.139. The topological polar surface area (TPSA) is 54.3 Å². The Morgan fingerprint density at radius 1 is 0.968 bits per heavy atom. The number of nitrogens with zero attached hydrogens (tertiary/aromatic N) is 2. The molecular weight excluding hydrogens is 428 g/mol. The van der Waals surface area contributed by atoms with Crippen molar-refractivity contribution in [3.8, 4) is 0 Å². The van der Waals surface area contributed by atoms with Gasteiger partial charge in [0.15, 0.2) is 0 Å². The van der Waals surface area contributed by atoms with Crippen LogP contribution >= 0.6 is 0 Å². The van der Waals surface area contributed by atoms with E-state index >= 15 is 0 Å². The number of halogens is 6. The van der Waals surface area contributed by atoms with E-state index in [-0.39, 0.29) is 5.69 Å². The van der Waals surface area contributed by atoms with E-state index in [4.69, 9.17) is 0 Å². The normalized spacial score (nSPS) is 15.1. The van der Waals surface area contributed by atoms with Crippen molar-refractivity contribution in [1.29, 1.82) is 0 Å². The summed E-state index contributed by atoms with van der Waals surface area (Å²) in [5.74, 6) is -0.918. The number of anilines is 2. The molecule has 0 atom stereocenters. The number of hydrogen-bond donors (Lipinski definition) is 1. The molecular formula is C20H19F6N3O2. The van der Waals surface area contributed by atoms with Crippen molar-refractivity contribution in [3.05, 3.63) is 58.0 Å². The highest BCUT2D eigenvalue weighted by atomic mass is 19.4. The number of pyridine rings is 1. The van der Waals surface area contributed by atoms with Gasteiger partial charge < -0.3 is 14.8 Å². The molecule has 3 rings (SSSR count). The Morgan fingerprint density at radius 3 is 2.26 bits per heavy atom. The van der Waals surface area contributed by atoms with Crippen LogP contribution in [0, 0.1) is 0 Å². The van der Waals surface area contributed by atoms with E-state index in [0.717, 1.165) is 43.7 Å². The second-order valence-corrected chi connectivity index (χ2v) is 7.18. The number of piperidine rings is 1. The van der Waals surface area contributed by atoms with Crippen molar-refractivity contribution in [1.82, 2.24) is 4.57 Å². The van der Waals surface area contributed by atoms with Gasteiger partial charge in [0, 0.05) is 19.3 Å². The summed E-state index contributed by atoms with van der Waals surface area (Å²) in [5, 5.41) is 2.33. The number of carbonyl (C=O) groups is 1. The van der Waals surface area contributed by atoms with E-state index in [2.05, 4.69) is 5.32 Å². The Labute approximate surface area is 173 Å². The number of nitrogens with one attached hydrogen (secondary N) is 1. The van der Waals surface area contributed by atoms with Gasteiger partial charge in [-0.1, -0.05) is 0 Å². The van der Waals surface area contributed by atoms with Crippen LogP contribution in [0.2, 0.25) is 0 Å². The van der Waals surface area contributed by atoms with Gasteiger partial charge in [0.25, 0.3) is 5.56 Å². The largest absolute Gasteiger partial charge is 0.421 e. The van der Waals surface area contributed by atoms with Gasteiger partial charge in [0.1, 0.15) is 12.1 Å². The van der Waals surface area contributed by atoms with Gasteiger partial charge in [-0.3, -0.25) is 9.59 Å². The lowest BCUT2D eigenvalue weighted by atomic mass is 10.1.